The molecule has 3 rings (SSSR count). The van der Waals surface area contributed by atoms with Gasteiger partial charge in [0.05, 0.1) is 16.5 Å². The molecule has 1 aromatic carbocycles. The van der Waals surface area contributed by atoms with Gasteiger partial charge in [-0.2, -0.15) is 9.94 Å². The summed E-state index contributed by atoms with van der Waals surface area (Å²) >= 11 is 2.58. The van der Waals surface area contributed by atoms with Crippen LogP contribution >= 0.6 is 23.1 Å². The number of benzene rings is 1. The lowest BCUT2D eigenvalue weighted by Gasteiger charge is -2.11. The second kappa shape index (κ2) is 7.46. The molecular weight excluding hydrogens is 356 g/mol. The number of tetrazole rings is 1. The van der Waals surface area contributed by atoms with Crippen LogP contribution in [0.4, 0.5) is 5.00 Å². The summed E-state index contributed by atoms with van der Waals surface area (Å²) in [6, 6.07) is 11.5. The Balaban J connectivity index is 1.75. The molecule has 0 spiro atoms. The lowest BCUT2D eigenvalue weighted by molar-refractivity contribution is -0.115. The Bertz CT molecular complexity index is 942. The summed E-state index contributed by atoms with van der Waals surface area (Å²) in [4.78, 5) is 12.4. The molecule has 2 heterocycles. The van der Waals surface area contributed by atoms with Gasteiger partial charge in [0.25, 0.3) is 0 Å². The van der Waals surface area contributed by atoms with Crippen molar-refractivity contribution in [1.29, 1.82) is 5.26 Å². The molecule has 2 aromatic heterocycles. The van der Waals surface area contributed by atoms with Crippen LogP contribution in [-0.2, 0) is 4.79 Å². The number of para-hydroxylation sites is 1. The molecule has 9 heteroatoms. The van der Waals surface area contributed by atoms with Crippen molar-refractivity contribution < 1.29 is 4.79 Å². The number of amides is 1. The van der Waals surface area contributed by atoms with E-state index in [9.17, 15) is 4.79 Å². The predicted molar refractivity (Wildman–Crippen MR) is 96.9 cm³/mol. The predicted octanol–water partition coefficient (Wildman–Crippen LogP) is 3.02. The Morgan fingerprint density at radius 3 is 2.96 bits per heavy atom. The number of rotatable bonds is 5. The first kappa shape index (κ1) is 17.1. The topological polar surface area (TPSA) is 96.5 Å². The van der Waals surface area contributed by atoms with E-state index in [1.807, 2.05) is 31.2 Å². The SMILES string of the molecule is Cc1ccccc1-n1nnnc1S[C@@H](C)C(=O)Nc1sccc1C#N. The Hall–Kier alpha value is -2.70. The molecule has 126 valence electrons. The van der Waals surface area contributed by atoms with Crippen LogP contribution in [0.25, 0.3) is 5.69 Å². The number of hydrogen-bond acceptors (Lipinski definition) is 7. The van der Waals surface area contributed by atoms with Crippen molar-refractivity contribution >= 4 is 34.0 Å². The second-order valence-corrected chi connectivity index (χ2v) is 7.41. The Kier molecular flexibility index (Phi) is 5.11. The number of aryl methyl sites for hydroxylation is 1. The van der Waals surface area contributed by atoms with E-state index < -0.39 is 5.25 Å². The molecule has 0 aliphatic rings. The number of thiophene rings is 1. The highest BCUT2D eigenvalue weighted by Gasteiger charge is 2.21. The minimum Gasteiger partial charge on any atom is -0.316 e. The van der Waals surface area contributed by atoms with Crippen molar-refractivity contribution in [2.45, 2.75) is 24.3 Å². The standard InChI is InChI=1S/C16H14N6OS2/c1-10-5-3-4-6-13(10)22-16(19-20-21-22)25-11(2)14(23)18-15-12(9-17)7-8-24-15/h3-8,11H,1-2H3,(H,18,23)/t11-/m0/s1. The fourth-order valence-corrected chi connectivity index (χ4v) is 3.66. The molecule has 0 unspecified atom stereocenters. The highest BCUT2D eigenvalue weighted by molar-refractivity contribution is 8.00. The number of carbonyl (C=O) groups excluding carboxylic acids is 1. The minimum absolute atomic E-state index is 0.205. The lowest BCUT2D eigenvalue weighted by Crippen LogP contribution is -2.22. The third kappa shape index (κ3) is 3.70. The number of nitrogens with one attached hydrogen (secondary N) is 1. The zero-order valence-electron chi connectivity index (χ0n) is 13.5. The maximum atomic E-state index is 12.4. The van der Waals surface area contributed by atoms with Crippen LogP contribution in [0.5, 0.6) is 0 Å². The van der Waals surface area contributed by atoms with Gasteiger partial charge in [-0.15, -0.1) is 16.4 Å². The van der Waals surface area contributed by atoms with E-state index in [1.165, 1.54) is 23.1 Å². The second-order valence-electron chi connectivity index (χ2n) is 5.18. The summed E-state index contributed by atoms with van der Waals surface area (Å²) in [7, 11) is 0. The van der Waals surface area contributed by atoms with Gasteiger partial charge in [0.2, 0.25) is 11.1 Å². The van der Waals surface area contributed by atoms with Crippen LogP contribution in [0.1, 0.15) is 18.1 Å². The smallest absolute Gasteiger partial charge is 0.238 e. The summed E-state index contributed by atoms with van der Waals surface area (Å²) in [6.07, 6.45) is 0. The highest BCUT2D eigenvalue weighted by Crippen LogP contribution is 2.27. The number of anilines is 1. The van der Waals surface area contributed by atoms with Gasteiger partial charge in [-0.3, -0.25) is 4.79 Å². The summed E-state index contributed by atoms with van der Waals surface area (Å²) in [6.45, 7) is 3.75. The van der Waals surface area contributed by atoms with Gasteiger partial charge < -0.3 is 5.32 Å². The highest BCUT2D eigenvalue weighted by atomic mass is 32.2. The van der Waals surface area contributed by atoms with Gasteiger partial charge in [0, 0.05) is 0 Å². The maximum absolute atomic E-state index is 12.4. The van der Waals surface area contributed by atoms with Crippen LogP contribution in [0.15, 0.2) is 40.9 Å². The van der Waals surface area contributed by atoms with Crippen LogP contribution < -0.4 is 5.32 Å². The van der Waals surface area contributed by atoms with Crippen LogP contribution in [0, 0.1) is 18.3 Å². The van der Waals surface area contributed by atoms with E-state index in [4.69, 9.17) is 5.26 Å². The van der Waals surface area contributed by atoms with E-state index >= 15 is 0 Å². The first-order valence-electron chi connectivity index (χ1n) is 7.39. The molecule has 0 bridgehead atoms. The van der Waals surface area contributed by atoms with Gasteiger partial charge in [-0.25, -0.2) is 0 Å². The van der Waals surface area contributed by atoms with E-state index in [0.717, 1.165) is 11.3 Å². The minimum atomic E-state index is -0.428. The molecule has 0 saturated heterocycles. The average molecular weight is 370 g/mol. The maximum Gasteiger partial charge on any atom is 0.238 e. The molecular formula is C16H14N6OS2. The third-order valence-corrected chi connectivity index (χ3v) is 5.32. The number of thioether (sulfide) groups is 1. The molecule has 0 aliphatic heterocycles. The third-order valence-electron chi connectivity index (χ3n) is 3.46. The number of nitriles is 1. The Morgan fingerprint density at radius 1 is 1.40 bits per heavy atom. The van der Waals surface area contributed by atoms with E-state index in [-0.39, 0.29) is 5.91 Å². The Labute approximate surface area is 152 Å². The Morgan fingerprint density at radius 2 is 2.20 bits per heavy atom. The normalized spacial score (nSPS) is 11.7. The largest absolute Gasteiger partial charge is 0.316 e. The van der Waals surface area contributed by atoms with Gasteiger partial charge in [0.15, 0.2) is 0 Å². The molecule has 25 heavy (non-hydrogen) atoms. The van der Waals surface area contributed by atoms with Gasteiger partial charge in [0.1, 0.15) is 11.1 Å². The number of nitrogens with zero attached hydrogens (tertiary/aromatic N) is 5. The van der Waals surface area contributed by atoms with Crippen LogP contribution in [0.2, 0.25) is 0 Å². The summed E-state index contributed by atoms with van der Waals surface area (Å²) in [5.41, 5.74) is 2.36. The van der Waals surface area contributed by atoms with Crippen molar-refractivity contribution in [3.05, 3.63) is 46.8 Å². The number of aromatic nitrogens is 4. The van der Waals surface area contributed by atoms with Gasteiger partial charge in [-0.1, -0.05) is 30.0 Å². The molecule has 0 aliphatic carbocycles. The molecule has 0 radical (unpaired) electrons. The number of hydrogen-bond donors (Lipinski definition) is 1. The van der Waals surface area contributed by atoms with E-state index in [1.54, 1.807) is 23.1 Å². The van der Waals surface area contributed by atoms with Crippen molar-refractivity contribution in [2.75, 3.05) is 5.32 Å². The van der Waals surface area contributed by atoms with Crippen molar-refractivity contribution in [1.82, 2.24) is 20.2 Å². The summed E-state index contributed by atoms with van der Waals surface area (Å²) in [5.74, 6) is -0.205. The fourth-order valence-electron chi connectivity index (χ4n) is 2.12. The average Bonchev–Trinajstić information content (AvgIpc) is 3.24. The van der Waals surface area contributed by atoms with Gasteiger partial charge in [-0.05, 0) is 47.4 Å². The van der Waals surface area contributed by atoms with E-state index in [0.29, 0.717) is 15.7 Å². The molecule has 0 fully saturated rings. The molecule has 0 saturated carbocycles. The molecule has 1 amide bonds. The van der Waals surface area contributed by atoms with Crippen LogP contribution in [-0.4, -0.2) is 31.4 Å². The molecule has 7 nitrogen and oxygen atoms in total. The van der Waals surface area contributed by atoms with Crippen molar-refractivity contribution in [2.24, 2.45) is 0 Å². The van der Waals surface area contributed by atoms with Gasteiger partial charge >= 0.3 is 0 Å². The molecule has 1 atom stereocenters. The fraction of sp³-hybridized carbons (Fsp3) is 0.188. The monoisotopic (exact) mass is 370 g/mol. The van der Waals surface area contributed by atoms with Crippen molar-refractivity contribution in [3.63, 3.8) is 0 Å². The lowest BCUT2D eigenvalue weighted by atomic mass is 10.2. The quantitative estimate of drug-likeness (QED) is 0.694. The molecule has 3 aromatic rings. The zero-order valence-corrected chi connectivity index (χ0v) is 15.1. The zero-order chi connectivity index (χ0) is 17.8. The van der Waals surface area contributed by atoms with Crippen LogP contribution in [0.3, 0.4) is 0 Å². The summed E-state index contributed by atoms with van der Waals surface area (Å²) in [5, 5.41) is 26.0. The summed E-state index contributed by atoms with van der Waals surface area (Å²) < 4.78 is 1.62. The van der Waals surface area contributed by atoms with Crippen molar-refractivity contribution in [3.8, 4) is 11.8 Å². The van der Waals surface area contributed by atoms with E-state index in [2.05, 4.69) is 26.9 Å². The molecule has 1 N–H and O–H groups in total. The first-order valence-corrected chi connectivity index (χ1v) is 9.15. The number of carbonyl (C=O) groups is 1. The first-order chi connectivity index (χ1) is 12.1.